The second-order valence-electron chi connectivity index (χ2n) is 7.24. The number of anilines is 1. The summed E-state index contributed by atoms with van der Waals surface area (Å²) in [5.41, 5.74) is 1.66. The van der Waals surface area contributed by atoms with Crippen molar-refractivity contribution in [2.45, 2.75) is 25.3 Å². The summed E-state index contributed by atoms with van der Waals surface area (Å²) < 4.78 is 1.96. The lowest BCUT2D eigenvalue weighted by atomic mass is 10.0. The molecule has 1 amide bonds. The zero-order chi connectivity index (χ0) is 20.4. The molecule has 2 N–H and O–H groups in total. The number of likely N-dealkylation sites (tertiary alicyclic amines) is 1. The van der Waals surface area contributed by atoms with Crippen LogP contribution in [0.2, 0.25) is 0 Å². The van der Waals surface area contributed by atoms with E-state index in [2.05, 4.69) is 26.1 Å². The maximum atomic E-state index is 12.5. The molecule has 4 rings (SSSR count). The number of benzene rings is 2. The molecule has 1 aliphatic rings. The van der Waals surface area contributed by atoms with Gasteiger partial charge < -0.3 is 10.4 Å². The van der Waals surface area contributed by atoms with E-state index in [0.29, 0.717) is 17.8 Å². The molecule has 0 saturated carbocycles. The fourth-order valence-electron chi connectivity index (χ4n) is 3.96. The highest BCUT2D eigenvalue weighted by molar-refractivity contribution is 9.10. The molecule has 2 heterocycles. The Hall–Kier alpha value is -2.22. The summed E-state index contributed by atoms with van der Waals surface area (Å²) in [7, 11) is 0. The van der Waals surface area contributed by atoms with Gasteiger partial charge >= 0.3 is 5.97 Å². The number of nitrogens with zero attached hydrogens (tertiary/aromatic N) is 1. The molecule has 1 aliphatic heterocycles. The van der Waals surface area contributed by atoms with E-state index in [1.165, 1.54) is 11.3 Å². The first-order valence-corrected chi connectivity index (χ1v) is 11.2. The Labute approximate surface area is 181 Å². The van der Waals surface area contributed by atoms with Crippen LogP contribution in [0.5, 0.6) is 0 Å². The molecule has 0 bridgehead atoms. The smallest absolute Gasteiger partial charge is 0.346 e. The van der Waals surface area contributed by atoms with Crippen LogP contribution >= 0.6 is 27.3 Å². The van der Waals surface area contributed by atoms with Crippen molar-refractivity contribution in [2.24, 2.45) is 0 Å². The average Bonchev–Trinajstić information content (AvgIpc) is 3.29. The lowest BCUT2D eigenvalue weighted by Crippen LogP contribution is -2.38. The zero-order valence-corrected chi connectivity index (χ0v) is 18.1. The lowest BCUT2D eigenvalue weighted by molar-refractivity contribution is -0.117. The molecular weight excluding hydrogens is 452 g/mol. The quantitative estimate of drug-likeness (QED) is 0.528. The Bertz CT molecular complexity index is 1050. The Morgan fingerprint density at radius 3 is 2.69 bits per heavy atom. The van der Waals surface area contributed by atoms with Crippen LogP contribution in [-0.2, 0) is 11.2 Å². The van der Waals surface area contributed by atoms with Crippen LogP contribution < -0.4 is 5.32 Å². The fraction of sp³-hybridized carbons (Fsp3) is 0.273. The van der Waals surface area contributed by atoms with E-state index in [-0.39, 0.29) is 11.9 Å². The van der Waals surface area contributed by atoms with Crippen LogP contribution in [0, 0.1) is 0 Å². The van der Waals surface area contributed by atoms with E-state index >= 15 is 0 Å². The van der Waals surface area contributed by atoms with E-state index in [0.717, 1.165) is 45.2 Å². The van der Waals surface area contributed by atoms with Gasteiger partial charge in [0.1, 0.15) is 4.88 Å². The van der Waals surface area contributed by atoms with Gasteiger partial charge in [-0.05, 0) is 67.1 Å². The third-order valence-electron chi connectivity index (χ3n) is 5.31. The minimum atomic E-state index is -0.876. The molecule has 3 aromatic rings. The molecule has 7 heteroatoms. The minimum Gasteiger partial charge on any atom is -0.477 e. The number of hydrogen-bond donors (Lipinski definition) is 2. The van der Waals surface area contributed by atoms with Gasteiger partial charge in [-0.3, -0.25) is 9.69 Å². The minimum absolute atomic E-state index is 0.0483. The maximum absolute atomic E-state index is 12.5. The van der Waals surface area contributed by atoms with Crippen LogP contribution in [0.25, 0.3) is 10.1 Å². The highest BCUT2D eigenvalue weighted by atomic mass is 79.9. The first-order valence-electron chi connectivity index (χ1n) is 9.54. The number of halogens is 1. The van der Waals surface area contributed by atoms with Crippen LogP contribution in [0.3, 0.4) is 0 Å². The normalized spacial score (nSPS) is 16.9. The van der Waals surface area contributed by atoms with Crippen molar-refractivity contribution in [3.05, 3.63) is 63.4 Å². The van der Waals surface area contributed by atoms with Crippen LogP contribution in [0.1, 0.15) is 28.1 Å². The Kier molecular flexibility index (Phi) is 5.99. The summed E-state index contributed by atoms with van der Waals surface area (Å²) in [4.78, 5) is 26.9. The molecule has 29 heavy (non-hydrogen) atoms. The van der Waals surface area contributed by atoms with Crippen molar-refractivity contribution >= 4 is 54.9 Å². The number of rotatable bonds is 6. The van der Waals surface area contributed by atoms with E-state index in [1.807, 2.05) is 48.5 Å². The molecule has 0 aliphatic carbocycles. The second kappa shape index (κ2) is 8.65. The van der Waals surface area contributed by atoms with Gasteiger partial charge in [-0.2, -0.15) is 0 Å². The molecule has 150 valence electrons. The van der Waals surface area contributed by atoms with Crippen molar-refractivity contribution in [3.63, 3.8) is 0 Å². The third kappa shape index (κ3) is 4.52. The largest absolute Gasteiger partial charge is 0.477 e. The molecule has 1 saturated heterocycles. The number of fused-ring (bicyclic) bond motifs is 1. The van der Waals surface area contributed by atoms with Gasteiger partial charge in [-0.1, -0.05) is 34.1 Å². The van der Waals surface area contributed by atoms with Crippen LogP contribution in [0.4, 0.5) is 5.69 Å². The molecule has 0 radical (unpaired) electrons. The standard InChI is InChI=1S/C22H21BrN2O3S/c23-14-7-9-15(10-8-14)24-20(26)13-25-11-3-4-16(25)12-18-17-5-1-2-6-19(17)29-21(18)22(27)28/h1-2,5-10,16H,3-4,11-13H2,(H,24,26)(H,27,28)/t16-/m0/s1. The monoisotopic (exact) mass is 472 g/mol. The summed E-state index contributed by atoms with van der Waals surface area (Å²) in [5, 5.41) is 13.6. The third-order valence-corrected chi connectivity index (χ3v) is 7.04. The Morgan fingerprint density at radius 2 is 1.93 bits per heavy atom. The number of aromatic carboxylic acids is 1. The summed E-state index contributed by atoms with van der Waals surface area (Å²) in [6.07, 6.45) is 2.63. The molecule has 0 unspecified atom stereocenters. The molecular formula is C22H21BrN2O3S. The van der Waals surface area contributed by atoms with E-state index in [4.69, 9.17) is 0 Å². The number of hydrogen-bond acceptors (Lipinski definition) is 4. The maximum Gasteiger partial charge on any atom is 0.346 e. The second-order valence-corrected chi connectivity index (χ2v) is 9.20. The predicted molar refractivity (Wildman–Crippen MR) is 120 cm³/mol. The van der Waals surface area contributed by atoms with Gasteiger partial charge in [-0.15, -0.1) is 11.3 Å². The highest BCUT2D eigenvalue weighted by Crippen LogP contribution is 2.34. The highest BCUT2D eigenvalue weighted by Gasteiger charge is 2.29. The molecule has 1 atom stereocenters. The van der Waals surface area contributed by atoms with Gasteiger partial charge in [-0.25, -0.2) is 4.79 Å². The molecule has 5 nitrogen and oxygen atoms in total. The number of carbonyl (C=O) groups excluding carboxylic acids is 1. The Morgan fingerprint density at radius 1 is 1.17 bits per heavy atom. The van der Waals surface area contributed by atoms with Crippen molar-refractivity contribution in [3.8, 4) is 0 Å². The number of carboxylic acid groups (broad SMARTS) is 1. The summed E-state index contributed by atoms with van der Waals surface area (Å²) in [6, 6.07) is 15.5. The molecule has 2 aromatic carbocycles. The first kappa shape index (κ1) is 20.1. The van der Waals surface area contributed by atoms with Crippen LogP contribution in [-0.4, -0.2) is 41.0 Å². The Balaban J connectivity index is 1.48. The molecule has 1 fully saturated rings. The van der Waals surface area contributed by atoms with Crippen molar-refractivity contribution in [1.82, 2.24) is 4.90 Å². The summed E-state index contributed by atoms with van der Waals surface area (Å²) >= 11 is 4.72. The van der Waals surface area contributed by atoms with Gasteiger partial charge in [0.2, 0.25) is 5.91 Å². The zero-order valence-electron chi connectivity index (χ0n) is 15.7. The van der Waals surface area contributed by atoms with Gasteiger partial charge in [0.15, 0.2) is 0 Å². The van der Waals surface area contributed by atoms with Crippen molar-refractivity contribution in [1.29, 1.82) is 0 Å². The van der Waals surface area contributed by atoms with E-state index in [9.17, 15) is 14.7 Å². The average molecular weight is 473 g/mol. The van der Waals surface area contributed by atoms with Gasteiger partial charge in [0.25, 0.3) is 0 Å². The molecule has 1 aromatic heterocycles. The topological polar surface area (TPSA) is 69.6 Å². The fourth-order valence-corrected chi connectivity index (χ4v) is 5.30. The van der Waals surface area contributed by atoms with E-state index < -0.39 is 5.97 Å². The van der Waals surface area contributed by atoms with Gasteiger partial charge in [0.05, 0.1) is 6.54 Å². The van der Waals surface area contributed by atoms with E-state index in [1.54, 1.807) is 0 Å². The lowest BCUT2D eigenvalue weighted by Gasteiger charge is -2.24. The summed E-state index contributed by atoms with van der Waals surface area (Å²) in [5.74, 6) is -0.924. The number of nitrogens with one attached hydrogen (secondary N) is 1. The number of carbonyl (C=O) groups is 2. The van der Waals surface area contributed by atoms with Crippen molar-refractivity contribution < 1.29 is 14.7 Å². The number of carboxylic acids is 1. The summed E-state index contributed by atoms with van der Waals surface area (Å²) in [6.45, 7) is 1.16. The van der Waals surface area contributed by atoms with Crippen LogP contribution in [0.15, 0.2) is 53.0 Å². The number of amides is 1. The molecule has 0 spiro atoms. The van der Waals surface area contributed by atoms with Gasteiger partial charge in [0, 0.05) is 20.9 Å². The number of thiophene rings is 1. The predicted octanol–water partition coefficient (Wildman–Crippen LogP) is 5.01. The first-order chi connectivity index (χ1) is 14.0. The van der Waals surface area contributed by atoms with Crippen molar-refractivity contribution in [2.75, 3.05) is 18.4 Å². The SMILES string of the molecule is O=C(CN1CCC[C@H]1Cc1c(C(=O)O)sc2ccccc12)Nc1ccc(Br)cc1.